The van der Waals surface area contributed by atoms with Crippen molar-refractivity contribution in [3.05, 3.63) is 11.6 Å². The Morgan fingerprint density at radius 3 is 2.67 bits per heavy atom. The van der Waals surface area contributed by atoms with Crippen molar-refractivity contribution in [1.82, 2.24) is 19.7 Å². The molecule has 0 atom stereocenters. The van der Waals surface area contributed by atoms with Crippen molar-refractivity contribution in [3.8, 4) is 6.07 Å². The van der Waals surface area contributed by atoms with Gasteiger partial charge in [-0.3, -0.25) is 4.90 Å². The van der Waals surface area contributed by atoms with Gasteiger partial charge in [0.1, 0.15) is 11.6 Å². The Balaban J connectivity index is 1.98. The van der Waals surface area contributed by atoms with Gasteiger partial charge in [-0.15, -0.1) is 10.2 Å². The molecular weight excluding hydrogens is 262 g/mol. The lowest BCUT2D eigenvalue weighted by Crippen LogP contribution is -2.28. The van der Waals surface area contributed by atoms with Gasteiger partial charge in [-0.2, -0.15) is 5.26 Å². The average Bonchev–Trinajstić information content (AvgIpc) is 2.73. The van der Waals surface area contributed by atoms with Gasteiger partial charge in [0.2, 0.25) is 0 Å². The Labute approximate surface area is 128 Å². The first-order chi connectivity index (χ1) is 10.1. The monoisotopic (exact) mass is 289 g/mol. The van der Waals surface area contributed by atoms with Gasteiger partial charge in [0.25, 0.3) is 0 Å². The molecule has 0 radical (unpaired) electrons. The third-order valence-corrected chi connectivity index (χ3v) is 4.40. The van der Waals surface area contributed by atoms with Crippen LogP contribution in [0.1, 0.15) is 63.5 Å². The standard InChI is InChI=1S/C16H27N5/c1-13(2)8-11-21(10-5-9-17)12-15-18-19-16(20(15)3)14-6-4-7-14/h13-14H,4-8,10-12H2,1-3H3. The summed E-state index contributed by atoms with van der Waals surface area (Å²) in [5.41, 5.74) is 0. The predicted molar refractivity (Wildman–Crippen MR) is 82.6 cm³/mol. The average molecular weight is 289 g/mol. The van der Waals surface area contributed by atoms with E-state index in [4.69, 9.17) is 5.26 Å². The Bertz CT molecular complexity index is 481. The number of aromatic nitrogens is 3. The van der Waals surface area contributed by atoms with E-state index in [0.717, 1.165) is 37.7 Å². The van der Waals surface area contributed by atoms with Gasteiger partial charge in [0.05, 0.1) is 12.6 Å². The van der Waals surface area contributed by atoms with E-state index in [0.29, 0.717) is 18.3 Å². The summed E-state index contributed by atoms with van der Waals surface area (Å²) in [6, 6.07) is 2.24. The minimum Gasteiger partial charge on any atom is -0.317 e. The molecule has 1 aliphatic carbocycles. The number of hydrogen-bond acceptors (Lipinski definition) is 4. The molecule has 1 aromatic heterocycles. The normalized spacial score (nSPS) is 15.4. The van der Waals surface area contributed by atoms with Crippen molar-refractivity contribution in [2.24, 2.45) is 13.0 Å². The molecule has 0 saturated heterocycles. The van der Waals surface area contributed by atoms with Gasteiger partial charge in [0, 0.05) is 25.9 Å². The van der Waals surface area contributed by atoms with Crippen LogP contribution in [0.25, 0.3) is 0 Å². The Morgan fingerprint density at radius 2 is 2.10 bits per heavy atom. The van der Waals surface area contributed by atoms with E-state index in [1.54, 1.807) is 0 Å². The molecule has 0 bridgehead atoms. The quantitative estimate of drug-likeness (QED) is 0.738. The third kappa shape index (κ3) is 4.28. The molecule has 1 saturated carbocycles. The first-order valence-electron chi connectivity index (χ1n) is 8.09. The Morgan fingerprint density at radius 1 is 1.33 bits per heavy atom. The van der Waals surface area contributed by atoms with E-state index < -0.39 is 0 Å². The van der Waals surface area contributed by atoms with Crippen molar-refractivity contribution in [3.63, 3.8) is 0 Å². The molecule has 1 aromatic rings. The summed E-state index contributed by atoms with van der Waals surface area (Å²) in [5, 5.41) is 17.6. The van der Waals surface area contributed by atoms with Crippen molar-refractivity contribution in [1.29, 1.82) is 5.26 Å². The minimum absolute atomic E-state index is 0.575. The summed E-state index contributed by atoms with van der Waals surface area (Å²) >= 11 is 0. The molecule has 1 aliphatic rings. The fourth-order valence-electron chi connectivity index (χ4n) is 2.65. The molecule has 5 heteroatoms. The van der Waals surface area contributed by atoms with Crippen LogP contribution in [-0.2, 0) is 13.6 Å². The van der Waals surface area contributed by atoms with Gasteiger partial charge < -0.3 is 4.57 Å². The Hall–Kier alpha value is -1.41. The maximum Gasteiger partial charge on any atom is 0.146 e. The van der Waals surface area contributed by atoms with Gasteiger partial charge in [-0.25, -0.2) is 0 Å². The van der Waals surface area contributed by atoms with E-state index >= 15 is 0 Å². The van der Waals surface area contributed by atoms with Crippen LogP contribution in [0.5, 0.6) is 0 Å². The third-order valence-electron chi connectivity index (χ3n) is 4.40. The van der Waals surface area contributed by atoms with Gasteiger partial charge in [0.15, 0.2) is 0 Å². The lowest BCUT2D eigenvalue weighted by molar-refractivity contribution is 0.246. The smallest absolute Gasteiger partial charge is 0.146 e. The van der Waals surface area contributed by atoms with Crippen LogP contribution in [-0.4, -0.2) is 32.8 Å². The molecule has 0 amide bonds. The summed E-state index contributed by atoms with van der Waals surface area (Å²) in [5.74, 6) is 3.46. The summed E-state index contributed by atoms with van der Waals surface area (Å²) < 4.78 is 2.17. The van der Waals surface area contributed by atoms with Crippen LogP contribution < -0.4 is 0 Å². The van der Waals surface area contributed by atoms with Crippen molar-refractivity contribution >= 4 is 0 Å². The Kier molecular flexibility index (Phi) is 5.75. The van der Waals surface area contributed by atoms with E-state index in [-0.39, 0.29) is 0 Å². The highest BCUT2D eigenvalue weighted by atomic mass is 15.3. The second-order valence-corrected chi connectivity index (χ2v) is 6.53. The first kappa shape index (κ1) is 16.0. The van der Waals surface area contributed by atoms with Crippen LogP contribution in [0.3, 0.4) is 0 Å². The van der Waals surface area contributed by atoms with E-state index in [1.165, 1.54) is 19.3 Å². The lowest BCUT2D eigenvalue weighted by atomic mass is 9.85. The predicted octanol–water partition coefficient (Wildman–Crippen LogP) is 2.84. The highest BCUT2D eigenvalue weighted by Gasteiger charge is 2.25. The van der Waals surface area contributed by atoms with Crippen LogP contribution >= 0.6 is 0 Å². The van der Waals surface area contributed by atoms with Crippen LogP contribution in [0, 0.1) is 17.2 Å². The lowest BCUT2D eigenvalue weighted by Gasteiger charge is -2.25. The van der Waals surface area contributed by atoms with Crippen LogP contribution in [0.4, 0.5) is 0 Å². The number of nitrogens with zero attached hydrogens (tertiary/aromatic N) is 5. The van der Waals surface area contributed by atoms with Crippen LogP contribution in [0.15, 0.2) is 0 Å². The van der Waals surface area contributed by atoms with Gasteiger partial charge >= 0.3 is 0 Å². The molecule has 0 unspecified atom stereocenters. The molecule has 2 rings (SSSR count). The molecule has 1 fully saturated rings. The zero-order chi connectivity index (χ0) is 15.2. The molecular formula is C16H27N5. The van der Waals surface area contributed by atoms with Gasteiger partial charge in [-0.05, 0) is 31.7 Å². The van der Waals surface area contributed by atoms with Crippen LogP contribution in [0.2, 0.25) is 0 Å². The molecule has 0 N–H and O–H groups in total. The molecule has 0 aliphatic heterocycles. The summed E-state index contributed by atoms with van der Waals surface area (Å²) in [6.07, 6.45) is 5.54. The fourth-order valence-corrected chi connectivity index (χ4v) is 2.65. The molecule has 1 heterocycles. The fraction of sp³-hybridized carbons (Fsp3) is 0.812. The summed E-state index contributed by atoms with van der Waals surface area (Å²) in [6.45, 7) is 7.10. The van der Waals surface area contributed by atoms with Crippen molar-refractivity contribution in [2.75, 3.05) is 13.1 Å². The second kappa shape index (κ2) is 7.56. The first-order valence-corrected chi connectivity index (χ1v) is 8.09. The highest BCUT2D eigenvalue weighted by Crippen LogP contribution is 2.35. The second-order valence-electron chi connectivity index (χ2n) is 6.53. The van der Waals surface area contributed by atoms with E-state index in [1.807, 2.05) is 0 Å². The zero-order valence-electron chi connectivity index (χ0n) is 13.5. The molecule has 0 aromatic carbocycles. The maximum atomic E-state index is 8.82. The molecule has 5 nitrogen and oxygen atoms in total. The zero-order valence-corrected chi connectivity index (χ0v) is 13.5. The topological polar surface area (TPSA) is 57.7 Å². The highest BCUT2D eigenvalue weighted by molar-refractivity contribution is 5.04. The number of rotatable bonds is 8. The molecule has 0 spiro atoms. The largest absolute Gasteiger partial charge is 0.317 e. The van der Waals surface area contributed by atoms with E-state index in [2.05, 4.69) is 46.6 Å². The number of nitriles is 1. The van der Waals surface area contributed by atoms with Crippen molar-refractivity contribution < 1.29 is 0 Å². The minimum atomic E-state index is 0.575. The summed E-state index contributed by atoms with van der Waals surface area (Å²) in [4.78, 5) is 2.33. The molecule has 21 heavy (non-hydrogen) atoms. The van der Waals surface area contributed by atoms with E-state index in [9.17, 15) is 0 Å². The maximum absolute atomic E-state index is 8.82. The van der Waals surface area contributed by atoms with Crippen molar-refractivity contribution in [2.45, 2.75) is 58.4 Å². The number of hydrogen-bond donors (Lipinski definition) is 0. The van der Waals surface area contributed by atoms with Gasteiger partial charge in [-0.1, -0.05) is 20.3 Å². The SMILES string of the molecule is CC(C)CCN(CCC#N)Cc1nnc(C2CCC2)n1C. The summed E-state index contributed by atoms with van der Waals surface area (Å²) in [7, 11) is 2.08. The molecule has 116 valence electrons.